The number of fused-ring (bicyclic) bond motifs is 2. The molecule has 0 aliphatic heterocycles. The summed E-state index contributed by atoms with van der Waals surface area (Å²) >= 11 is 0. The molecule has 4 aromatic carbocycles. The number of carbonyl (C=O) groups excluding carboxylic acids is 1. The van der Waals surface area contributed by atoms with Crippen molar-refractivity contribution in [2.75, 3.05) is 31.8 Å². The van der Waals surface area contributed by atoms with Gasteiger partial charge in [0, 0.05) is 42.7 Å². The number of hydrogen-bond donors (Lipinski definition) is 1. The third-order valence-corrected chi connectivity index (χ3v) is 8.72. The van der Waals surface area contributed by atoms with E-state index in [1.54, 1.807) is 24.3 Å². The van der Waals surface area contributed by atoms with Crippen molar-refractivity contribution in [1.82, 2.24) is 10.3 Å². The van der Waals surface area contributed by atoms with Crippen molar-refractivity contribution in [3.8, 4) is 39.7 Å². The number of nitrogens with zero attached hydrogens (tertiary/aromatic N) is 3. The number of methoxy groups -OCH3 is 1. The number of nitro benzene ring substituents is 1. The van der Waals surface area contributed by atoms with Crippen molar-refractivity contribution < 1.29 is 36.1 Å². The van der Waals surface area contributed by atoms with Gasteiger partial charge in [0.1, 0.15) is 28.4 Å². The molecule has 0 aliphatic carbocycles. The maximum absolute atomic E-state index is 13.7. The van der Waals surface area contributed by atoms with E-state index in [9.17, 15) is 27.7 Å². The van der Waals surface area contributed by atoms with E-state index in [0.717, 1.165) is 10.6 Å². The smallest absolute Gasteiger partial charge is 0.273 e. The second-order valence-corrected chi connectivity index (χ2v) is 12.3. The van der Waals surface area contributed by atoms with Crippen LogP contribution >= 0.6 is 0 Å². The van der Waals surface area contributed by atoms with Gasteiger partial charge in [0.25, 0.3) is 11.6 Å². The van der Waals surface area contributed by atoms with Crippen molar-refractivity contribution in [3.05, 3.63) is 94.3 Å². The number of halogens is 1. The molecule has 6 rings (SSSR count). The molecule has 6 aromatic rings. The number of aromatic nitrogens is 1. The van der Waals surface area contributed by atoms with Gasteiger partial charge < -0.3 is 18.9 Å². The van der Waals surface area contributed by atoms with Crippen molar-refractivity contribution in [1.29, 1.82) is 0 Å². The second kappa shape index (κ2) is 11.3. The van der Waals surface area contributed by atoms with Crippen molar-refractivity contribution in [3.63, 3.8) is 0 Å². The predicted molar refractivity (Wildman–Crippen MR) is 170 cm³/mol. The number of oxazole rings is 1. The Morgan fingerprint density at radius 1 is 0.978 bits per heavy atom. The zero-order valence-electron chi connectivity index (χ0n) is 24.8. The Balaban J connectivity index is 1.61. The minimum Gasteiger partial charge on any atom is -0.496 e. The molecule has 0 atom stereocenters. The Hall–Kier alpha value is -5.76. The summed E-state index contributed by atoms with van der Waals surface area (Å²) in [5.74, 6) is -0.272. The topological polar surface area (TPSA) is 158 Å². The number of amides is 1. The zero-order chi connectivity index (χ0) is 32.9. The Morgan fingerprint density at radius 3 is 2.35 bits per heavy atom. The normalized spacial score (nSPS) is 11.6. The Labute approximate surface area is 261 Å². The molecular formula is C32H25FN4O8S. The highest BCUT2D eigenvalue weighted by Crippen LogP contribution is 2.43. The average Bonchev–Trinajstić information content (AvgIpc) is 3.64. The maximum atomic E-state index is 13.7. The van der Waals surface area contributed by atoms with Gasteiger partial charge >= 0.3 is 0 Å². The first-order valence-corrected chi connectivity index (χ1v) is 15.5. The molecule has 1 N–H and O–H groups in total. The molecule has 46 heavy (non-hydrogen) atoms. The molecule has 0 radical (unpaired) electrons. The number of furan rings is 1. The lowest BCUT2D eigenvalue weighted by atomic mass is 9.97. The molecule has 14 heteroatoms. The van der Waals surface area contributed by atoms with Gasteiger partial charge in [-0.2, -0.15) is 0 Å². The minimum atomic E-state index is -3.78. The number of hydrogen-bond acceptors (Lipinski definition) is 9. The summed E-state index contributed by atoms with van der Waals surface area (Å²) in [5, 5.41) is 14.3. The summed E-state index contributed by atoms with van der Waals surface area (Å²) in [5.41, 5.74) is 2.79. The lowest BCUT2D eigenvalue weighted by Gasteiger charge is -2.21. The van der Waals surface area contributed by atoms with Gasteiger partial charge in [-0.3, -0.25) is 19.2 Å². The van der Waals surface area contributed by atoms with E-state index in [1.165, 1.54) is 69.7 Å². The van der Waals surface area contributed by atoms with E-state index in [0.29, 0.717) is 38.9 Å². The van der Waals surface area contributed by atoms with Crippen LogP contribution in [-0.2, 0) is 10.0 Å². The summed E-state index contributed by atoms with van der Waals surface area (Å²) in [6, 6.07) is 17.7. The van der Waals surface area contributed by atoms with Gasteiger partial charge in [-0.25, -0.2) is 17.8 Å². The Kier molecular flexibility index (Phi) is 7.44. The van der Waals surface area contributed by atoms with E-state index >= 15 is 0 Å². The molecule has 0 saturated heterocycles. The molecule has 0 saturated carbocycles. The summed E-state index contributed by atoms with van der Waals surface area (Å²) in [6.07, 6.45) is 1.06. The van der Waals surface area contributed by atoms with Crippen LogP contribution in [0.3, 0.4) is 0 Å². The lowest BCUT2D eigenvalue weighted by Crippen LogP contribution is -2.25. The number of nitrogens with one attached hydrogen (secondary N) is 1. The Morgan fingerprint density at radius 2 is 1.70 bits per heavy atom. The Bertz CT molecular complexity index is 2300. The molecule has 0 aliphatic rings. The van der Waals surface area contributed by atoms with E-state index in [-0.39, 0.29) is 39.8 Å². The van der Waals surface area contributed by atoms with Gasteiger partial charge in [-0.1, -0.05) is 6.07 Å². The number of rotatable bonds is 8. The fourth-order valence-electron chi connectivity index (χ4n) is 5.14. The zero-order valence-corrected chi connectivity index (χ0v) is 25.6. The molecule has 0 fully saturated rings. The van der Waals surface area contributed by atoms with Gasteiger partial charge in [-0.05, 0) is 54.1 Å². The van der Waals surface area contributed by atoms with Crippen LogP contribution in [0, 0.1) is 15.9 Å². The molecule has 1 amide bonds. The van der Waals surface area contributed by atoms with Crippen LogP contribution in [0.25, 0.3) is 56.0 Å². The summed E-state index contributed by atoms with van der Waals surface area (Å²) < 4.78 is 58.0. The molecule has 12 nitrogen and oxygen atoms in total. The summed E-state index contributed by atoms with van der Waals surface area (Å²) in [6.45, 7) is 0. The second-order valence-electron chi connectivity index (χ2n) is 10.3. The number of anilines is 1. The highest BCUT2D eigenvalue weighted by Gasteiger charge is 2.27. The number of nitro groups is 1. The van der Waals surface area contributed by atoms with Crippen LogP contribution in [0.15, 0.2) is 81.6 Å². The first-order chi connectivity index (χ1) is 21.9. The number of benzene rings is 4. The predicted octanol–water partition coefficient (Wildman–Crippen LogP) is 6.39. The van der Waals surface area contributed by atoms with Crippen molar-refractivity contribution in [2.24, 2.45) is 0 Å². The van der Waals surface area contributed by atoms with Gasteiger partial charge in [0.05, 0.1) is 41.2 Å². The molecule has 0 spiro atoms. The molecule has 234 valence electrons. The highest BCUT2D eigenvalue weighted by molar-refractivity contribution is 7.92. The average molecular weight is 645 g/mol. The summed E-state index contributed by atoms with van der Waals surface area (Å²) in [4.78, 5) is 28.5. The number of non-ortho nitro benzene ring substituents is 1. The van der Waals surface area contributed by atoms with Crippen LogP contribution in [-0.4, -0.2) is 51.7 Å². The van der Waals surface area contributed by atoms with Crippen LogP contribution in [0.1, 0.15) is 10.4 Å². The fourth-order valence-corrected chi connectivity index (χ4v) is 5.65. The number of sulfonamides is 1. The molecule has 0 bridgehead atoms. The van der Waals surface area contributed by atoms with E-state index in [2.05, 4.69) is 10.3 Å². The van der Waals surface area contributed by atoms with Gasteiger partial charge in [0.15, 0.2) is 5.58 Å². The third-order valence-electron chi connectivity index (χ3n) is 7.53. The van der Waals surface area contributed by atoms with Crippen molar-refractivity contribution in [2.45, 2.75) is 0 Å². The van der Waals surface area contributed by atoms with E-state index < -0.39 is 26.7 Å². The standard InChI is InChI=1S/C32H25FN4O8S/c1-34-31(38)29-22-15-21(25(36(2)46(4,41)42)16-27(22)44-30(29)17-5-8-19(33)9-6-17)18-7-12-26(43-3)23(13-18)32-35-24-11-10-20(37(39)40)14-28(24)45-32/h5-16H,1-4H3,(H,34,38). The SMILES string of the molecule is CNC(=O)c1c(-c2ccc(F)cc2)oc2cc(N(C)S(C)(=O)=O)c(-c3ccc(OC)c(-c4nc5ccc([N+](=O)[O-])cc5o4)c3)cc12. The molecule has 0 unspecified atom stereocenters. The first kappa shape index (κ1) is 30.3. The minimum absolute atomic E-state index is 0.112. The quantitative estimate of drug-likeness (QED) is 0.146. The number of ether oxygens (including phenoxy) is 1. The van der Waals surface area contributed by atoms with Crippen LogP contribution in [0.2, 0.25) is 0 Å². The molecular weight excluding hydrogens is 619 g/mol. The fraction of sp³-hybridized carbons (Fsp3) is 0.125. The lowest BCUT2D eigenvalue weighted by molar-refractivity contribution is -0.384. The van der Waals surface area contributed by atoms with E-state index in [4.69, 9.17) is 13.6 Å². The van der Waals surface area contributed by atoms with Crippen LogP contribution in [0.5, 0.6) is 5.75 Å². The third kappa shape index (κ3) is 5.28. The van der Waals surface area contributed by atoms with Crippen LogP contribution < -0.4 is 14.4 Å². The molecule has 2 aromatic heterocycles. The van der Waals surface area contributed by atoms with Gasteiger partial charge in [0.2, 0.25) is 15.9 Å². The highest BCUT2D eigenvalue weighted by atomic mass is 32.2. The van der Waals surface area contributed by atoms with Crippen LogP contribution in [0.4, 0.5) is 15.8 Å². The van der Waals surface area contributed by atoms with Gasteiger partial charge in [-0.15, -0.1) is 0 Å². The monoisotopic (exact) mass is 644 g/mol. The van der Waals surface area contributed by atoms with Crippen molar-refractivity contribution >= 4 is 49.4 Å². The number of carbonyl (C=O) groups is 1. The first-order valence-electron chi connectivity index (χ1n) is 13.7. The van der Waals surface area contributed by atoms with E-state index in [1.807, 2.05) is 0 Å². The molecule has 2 heterocycles. The summed E-state index contributed by atoms with van der Waals surface area (Å²) in [7, 11) is 0.533. The largest absolute Gasteiger partial charge is 0.496 e. The maximum Gasteiger partial charge on any atom is 0.273 e.